The Morgan fingerprint density at radius 3 is 2.34 bits per heavy atom. The van der Waals surface area contributed by atoms with E-state index < -0.39 is 16.2 Å². The van der Waals surface area contributed by atoms with E-state index in [0.29, 0.717) is 17.0 Å². The van der Waals surface area contributed by atoms with Crippen LogP contribution in [0.4, 0.5) is 5.69 Å². The van der Waals surface area contributed by atoms with Gasteiger partial charge in [0.2, 0.25) is 5.78 Å². The number of hydrogen-bond acceptors (Lipinski definition) is 5. The Balaban J connectivity index is 1.78. The van der Waals surface area contributed by atoms with Gasteiger partial charge in [0.1, 0.15) is 0 Å². The highest BCUT2D eigenvalue weighted by Gasteiger charge is 2.22. The molecule has 0 N–H and O–H groups in total. The summed E-state index contributed by atoms with van der Waals surface area (Å²) in [6.07, 6.45) is 1.78. The zero-order chi connectivity index (χ0) is 24.4. The average molecular weight is 466 g/mol. The van der Waals surface area contributed by atoms with E-state index in [-0.39, 0.29) is 16.9 Å². The van der Waals surface area contributed by atoms with Gasteiger partial charge in [-0.15, -0.1) is 0 Å². The molecule has 0 fully saturated rings. The molecule has 0 aliphatic heterocycles. The van der Waals surface area contributed by atoms with Gasteiger partial charge in [-0.05, 0) is 23.6 Å². The van der Waals surface area contributed by atoms with Gasteiger partial charge in [0.15, 0.2) is 11.2 Å². The SMILES string of the molecule is Cn1c(=O)c2c(nc3n(-c4cccc5ccccc45)c(-c4ccc([N+](=O)[O-])cc4)cn23)n(C)c1=O. The maximum atomic E-state index is 13.1. The molecule has 10 heteroatoms. The van der Waals surface area contributed by atoms with E-state index in [1.54, 1.807) is 29.8 Å². The second-order valence-corrected chi connectivity index (χ2v) is 8.31. The summed E-state index contributed by atoms with van der Waals surface area (Å²) in [4.78, 5) is 41.1. The highest BCUT2D eigenvalue weighted by atomic mass is 16.6. The molecule has 3 heterocycles. The lowest BCUT2D eigenvalue weighted by Crippen LogP contribution is -2.37. The van der Waals surface area contributed by atoms with Crippen LogP contribution in [0.3, 0.4) is 0 Å². The second-order valence-electron chi connectivity index (χ2n) is 8.31. The number of hydrogen-bond donors (Lipinski definition) is 0. The monoisotopic (exact) mass is 466 g/mol. The summed E-state index contributed by atoms with van der Waals surface area (Å²) in [7, 11) is 3.01. The third kappa shape index (κ3) is 2.86. The van der Waals surface area contributed by atoms with Gasteiger partial charge in [-0.2, -0.15) is 4.98 Å². The fourth-order valence-electron chi connectivity index (χ4n) is 4.57. The van der Waals surface area contributed by atoms with Crippen molar-refractivity contribution in [1.29, 1.82) is 0 Å². The number of benzene rings is 3. The van der Waals surface area contributed by atoms with Crippen molar-refractivity contribution in [3.8, 4) is 16.9 Å². The van der Waals surface area contributed by atoms with E-state index in [4.69, 9.17) is 4.98 Å². The number of nitro benzene ring substituents is 1. The number of non-ortho nitro benzene ring substituents is 1. The third-order valence-corrected chi connectivity index (χ3v) is 6.35. The van der Waals surface area contributed by atoms with Crippen LogP contribution in [0.1, 0.15) is 0 Å². The topological polar surface area (TPSA) is 109 Å². The van der Waals surface area contributed by atoms with Crippen molar-refractivity contribution in [3.05, 3.63) is 104 Å². The molecular weight excluding hydrogens is 448 g/mol. The predicted molar refractivity (Wildman–Crippen MR) is 132 cm³/mol. The maximum Gasteiger partial charge on any atom is 0.332 e. The Morgan fingerprint density at radius 1 is 0.886 bits per heavy atom. The predicted octanol–water partition coefficient (Wildman–Crippen LogP) is 3.40. The van der Waals surface area contributed by atoms with Crippen LogP contribution in [-0.4, -0.2) is 28.0 Å². The molecule has 6 rings (SSSR count). The van der Waals surface area contributed by atoms with Crippen molar-refractivity contribution in [2.24, 2.45) is 14.1 Å². The summed E-state index contributed by atoms with van der Waals surface area (Å²) in [6, 6.07) is 20.0. The molecule has 0 saturated heterocycles. The van der Waals surface area contributed by atoms with Crippen LogP contribution in [-0.2, 0) is 14.1 Å². The number of rotatable bonds is 3. The minimum Gasteiger partial charge on any atom is -0.279 e. The van der Waals surface area contributed by atoms with Gasteiger partial charge in [-0.25, -0.2) is 4.79 Å². The van der Waals surface area contributed by atoms with Gasteiger partial charge in [0, 0.05) is 43.4 Å². The number of imidazole rings is 2. The van der Waals surface area contributed by atoms with Crippen molar-refractivity contribution >= 4 is 33.4 Å². The molecule has 0 bridgehead atoms. The zero-order valence-corrected chi connectivity index (χ0v) is 18.7. The Hall–Kier alpha value is -4.99. The van der Waals surface area contributed by atoms with E-state index in [0.717, 1.165) is 21.0 Å². The number of fused-ring (bicyclic) bond motifs is 4. The molecule has 3 aromatic heterocycles. The Morgan fingerprint density at radius 2 is 1.60 bits per heavy atom. The van der Waals surface area contributed by atoms with Crippen LogP contribution in [0, 0.1) is 10.1 Å². The smallest absolute Gasteiger partial charge is 0.279 e. The summed E-state index contributed by atoms with van der Waals surface area (Å²) < 4.78 is 5.99. The maximum absolute atomic E-state index is 13.1. The summed E-state index contributed by atoms with van der Waals surface area (Å²) in [5, 5.41) is 13.2. The Bertz CT molecular complexity index is 1930. The van der Waals surface area contributed by atoms with Crippen LogP contribution >= 0.6 is 0 Å². The summed E-state index contributed by atoms with van der Waals surface area (Å²) in [5.41, 5.74) is 1.83. The third-order valence-electron chi connectivity index (χ3n) is 6.35. The van der Waals surface area contributed by atoms with Crippen LogP contribution in [0.5, 0.6) is 0 Å². The molecule has 0 atom stereocenters. The van der Waals surface area contributed by atoms with Crippen molar-refractivity contribution in [2.75, 3.05) is 0 Å². The largest absolute Gasteiger partial charge is 0.332 e. The molecule has 0 unspecified atom stereocenters. The summed E-state index contributed by atoms with van der Waals surface area (Å²) >= 11 is 0. The van der Waals surface area contributed by atoms with Gasteiger partial charge in [-0.1, -0.05) is 36.4 Å². The molecule has 0 spiro atoms. The molecule has 35 heavy (non-hydrogen) atoms. The number of nitrogens with zero attached hydrogens (tertiary/aromatic N) is 6. The van der Waals surface area contributed by atoms with Crippen LogP contribution in [0.2, 0.25) is 0 Å². The highest BCUT2D eigenvalue weighted by molar-refractivity contribution is 5.92. The minimum atomic E-state index is -0.462. The quantitative estimate of drug-likeness (QED) is 0.293. The summed E-state index contributed by atoms with van der Waals surface area (Å²) in [5.74, 6) is 0.447. The van der Waals surface area contributed by atoms with Crippen molar-refractivity contribution < 1.29 is 4.92 Å². The minimum absolute atomic E-state index is 0.0175. The first-order valence-corrected chi connectivity index (χ1v) is 10.8. The normalized spacial score (nSPS) is 11.6. The van der Waals surface area contributed by atoms with E-state index >= 15 is 0 Å². The van der Waals surface area contributed by atoms with Crippen LogP contribution in [0.15, 0.2) is 82.5 Å². The van der Waals surface area contributed by atoms with Gasteiger partial charge in [0.05, 0.1) is 16.3 Å². The average Bonchev–Trinajstić information content (AvgIpc) is 3.42. The first-order chi connectivity index (χ1) is 16.9. The molecule has 3 aromatic carbocycles. The standard InChI is InChI=1S/C25H18N6O4/c1-27-22-21(23(32)28(2)25(27)33)29-14-20(16-10-12-17(13-11-16)31(34)35)30(24(29)26-22)19-9-5-7-15-6-3-4-8-18(15)19/h3-14H,1-2H3. The van der Waals surface area contributed by atoms with Crippen LogP contribution in [0.25, 0.3) is 44.7 Å². The molecule has 6 aromatic rings. The Kier molecular flexibility index (Phi) is 4.27. The lowest BCUT2D eigenvalue weighted by atomic mass is 10.1. The van der Waals surface area contributed by atoms with E-state index in [1.165, 1.54) is 23.7 Å². The lowest BCUT2D eigenvalue weighted by molar-refractivity contribution is -0.384. The number of nitro groups is 1. The molecule has 0 saturated carbocycles. The lowest BCUT2D eigenvalue weighted by Gasteiger charge is -2.12. The van der Waals surface area contributed by atoms with Crippen molar-refractivity contribution in [1.82, 2.24) is 23.1 Å². The molecule has 0 aliphatic carbocycles. The van der Waals surface area contributed by atoms with Gasteiger partial charge in [0.25, 0.3) is 11.2 Å². The molecule has 172 valence electrons. The fourth-order valence-corrected chi connectivity index (χ4v) is 4.57. The van der Waals surface area contributed by atoms with Crippen molar-refractivity contribution in [2.45, 2.75) is 0 Å². The molecule has 0 amide bonds. The first-order valence-electron chi connectivity index (χ1n) is 10.8. The molecule has 10 nitrogen and oxygen atoms in total. The van der Waals surface area contributed by atoms with E-state index in [9.17, 15) is 19.7 Å². The van der Waals surface area contributed by atoms with E-state index in [2.05, 4.69) is 0 Å². The first kappa shape index (κ1) is 20.6. The molecule has 0 aliphatic rings. The number of aryl methyl sites for hydroxylation is 1. The van der Waals surface area contributed by atoms with Crippen molar-refractivity contribution in [3.63, 3.8) is 0 Å². The van der Waals surface area contributed by atoms with Gasteiger partial charge < -0.3 is 0 Å². The van der Waals surface area contributed by atoms with Gasteiger partial charge >= 0.3 is 5.69 Å². The van der Waals surface area contributed by atoms with E-state index in [1.807, 2.05) is 47.0 Å². The highest BCUT2D eigenvalue weighted by Crippen LogP contribution is 2.33. The summed E-state index contributed by atoms with van der Waals surface area (Å²) in [6.45, 7) is 0. The van der Waals surface area contributed by atoms with Gasteiger partial charge in [-0.3, -0.25) is 33.0 Å². The Labute approximate surface area is 196 Å². The molecular formula is C25H18N6O4. The number of aromatic nitrogens is 5. The zero-order valence-electron chi connectivity index (χ0n) is 18.7. The molecule has 0 radical (unpaired) electrons. The fraction of sp³-hybridized carbons (Fsp3) is 0.0800. The van der Waals surface area contributed by atoms with Crippen LogP contribution < -0.4 is 11.2 Å². The second kappa shape index (κ2) is 7.26.